The molecule has 0 radical (unpaired) electrons. The molecule has 0 spiro atoms. The molecule has 0 saturated heterocycles. The molecule has 0 aliphatic carbocycles. The molecule has 0 aliphatic heterocycles. The van der Waals surface area contributed by atoms with E-state index < -0.39 is 5.82 Å². The maximum atomic E-state index is 12.8. The first-order valence-electron chi connectivity index (χ1n) is 3.25. The van der Waals surface area contributed by atoms with Crippen LogP contribution in [0.2, 0.25) is 10.0 Å². The van der Waals surface area contributed by atoms with Gasteiger partial charge in [0.2, 0.25) is 0 Å². The smallest absolute Gasteiger partial charge is 0.191 e. The maximum Gasteiger partial charge on any atom is 0.191 e. The van der Waals surface area contributed by atoms with Crippen molar-refractivity contribution in [2.24, 2.45) is 16.5 Å². The van der Waals surface area contributed by atoms with Crippen LogP contribution in [0.3, 0.4) is 0 Å². The zero-order valence-corrected chi connectivity index (χ0v) is 7.90. The zero-order valence-electron chi connectivity index (χ0n) is 6.39. The fraction of sp³-hybridized carbons (Fsp3) is 0. The molecule has 0 aliphatic rings. The Bertz CT molecular complexity index is 361. The SMILES string of the molecule is NC(N)=Nc1ccc(F)c(Cl)c1Cl. The molecule has 3 nitrogen and oxygen atoms in total. The van der Waals surface area contributed by atoms with Gasteiger partial charge < -0.3 is 11.5 Å². The van der Waals surface area contributed by atoms with Crippen LogP contribution in [0.15, 0.2) is 17.1 Å². The Kier molecular flexibility index (Phi) is 2.95. The Hall–Kier alpha value is -1.00. The second-order valence-electron chi connectivity index (χ2n) is 2.23. The molecule has 1 aromatic carbocycles. The zero-order chi connectivity index (χ0) is 10.0. The molecular formula is C7H6Cl2FN3. The van der Waals surface area contributed by atoms with E-state index in [1.807, 2.05) is 0 Å². The van der Waals surface area contributed by atoms with E-state index in [2.05, 4.69) is 4.99 Å². The van der Waals surface area contributed by atoms with Gasteiger partial charge in [0.25, 0.3) is 0 Å². The number of nitrogens with zero attached hydrogens (tertiary/aromatic N) is 1. The van der Waals surface area contributed by atoms with E-state index in [-0.39, 0.29) is 21.7 Å². The van der Waals surface area contributed by atoms with Gasteiger partial charge in [0.05, 0.1) is 15.7 Å². The third-order valence-electron chi connectivity index (χ3n) is 1.26. The number of aliphatic imine (C=N–C) groups is 1. The molecule has 0 amide bonds. The lowest BCUT2D eigenvalue weighted by Crippen LogP contribution is -2.21. The van der Waals surface area contributed by atoms with Crippen LogP contribution in [0, 0.1) is 5.82 Å². The molecule has 0 bridgehead atoms. The Morgan fingerprint density at radius 1 is 1.23 bits per heavy atom. The van der Waals surface area contributed by atoms with E-state index in [1.165, 1.54) is 6.07 Å². The fourth-order valence-electron chi connectivity index (χ4n) is 0.741. The standard InChI is InChI=1S/C7H6Cl2FN3/c8-5-3(10)1-2-4(6(5)9)13-7(11)12/h1-2H,(H4,11,12,13). The van der Waals surface area contributed by atoms with Gasteiger partial charge in [0.15, 0.2) is 5.96 Å². The minimum atomic E-state index is -0.610. The summed E-state index contributed by atoms with van der Waals surface area (Å²) in [5, 5.41) is -0.195. The highest BCUT2D eigenvalue weighted by Gasteiger charge is 2.08. The Morgan fingerprint density at radius 3 is 2.38 bits per heavy atom. The lowest BCUT2D eigenvalue weighted by Gasteiger charge is -2.01. The Balaban J connectivity index is 3.26. The average molecular weight is 222 g/mol. The van der Waals surface area contributed by atoms with Crippen molar-refractivity contribution in [1.82, 2.24) is 0 Å². The molecule has 0 heterocycles. The monoisotopic (exact) mass is 221 g/mol. The van der Waals surface area contributed by atoms with Crippen molar-refractivity contribution in [3.05, 3.63) is 28.0 Å². The lowest BCUT2D eigenvalue weighted by molar-refractivity contribution is 0.628. The Morgan fingerprint density at radius 2 is 1.85 bits per heavy atom. The van der Waals surface area contributed by atoms with E-state index in [0.29, 0.717) is 0 Å². The van der Waals surface area contributed by atoms with Crippen LogP contribution in [0.5, 0.6) is 0 Å². The summed E-state index contributed by atoms with van der Waals surface area (Å²) >= 11 is 11.2. The molecule has 13 heavy (non-hydrogen) atoms. The highest BCUT2D eigenvalue weighted by molar-refractivity contribution is 6.43. The van der Waals surface area contributed by atoms with Crippen molar-refractivity contribution in [2.75, 3.05) is 0 Å². The Labute approximate surface area is 84.1 Å². The molecule has 0 fully saturated rings. The van der Waals surface area contributed by atoms with Gasteiger partial charge in [0, 0.05) is 0 Å². The summed E-state index contributed by atoms with van der Waals surface area (Å²) in [7, 11) is 0. The highest BCUT2D eigenvalue weighted by atomic mass is 35.5. The van der Waals surface area contributed by atoms with Crippen molar-refractivity contribution in [1.29, 1.82) is 0 Å². The van der Waals surface area contributed by atoms with Gasteiger partial charge in [0.1, 0.15) is 5.82 Å². The number of hydrogen-bond acceptors (Lipinski definition) is 1. The van der Waals surface area contributed by atoms with Gasteiger partial charge in [-0.15, -0.1) is 0 Å². The van der Waals surface area contributed by atoms with Gasteiger partial charge in [-0.1, -0.05) is 23.2 Å². The third kappa shape index (κ3) is 2.23. The molecule has 4 N–H and O–H groups in total. The molecule has 0 aromatic heterocycles. The molecule has 1 aromatic rings. The second kappa shape index (κ2) is 3.81. The van der Waals surface area contributed by atoms with E-state index in [9.17, 15) is 4.39 Å². The van der Waals surface area contributed by atoms with Crippen LogP contribution >= 0.6 is 23.2 Å². The summed E-state index contributed by atoms with van der Waals surface area (Å²) in [6, 6.07) is 2.47. The molecule has 0 atom stereocenters. The molecule has 70 valence electrons. The molecular weight excluding hydrogens is 216 g/mol. The molecule has 1 rings (SSSR count). The quantitative estimate of drug-likeness (QED) is 0.433. The van der Waals surface area contributed by atoms with Crippen molar-refractivity contribution < 1.29 is 4.39 Å². The minimum Gasteiger partial charge on any atom is -0.370 e. The van der Waals surface area contributed by atoms with Crippen LogP contribution in [0.1, 0.15) is 0 Å². The summed E-state index contributed by atoms with van der Waals surface area (Å²) in [5.74, 6) is -0.772. The van der Waals surface area contributed by atoms with Gasteiger partial charge in [-0.3, -0.25) is 0 Å². The summed E-state index contributed by atoms with van der Waals surface area (Å²) in [6.07, 6.45) is 0. The second-order valence-corrected chi connectivity index (χ2v) is 2.99. The van der Waals surface area contributed by atoms with E-state index in [0.717, 1.165) is 6.07 Å². The van der Waals surface area contributed by atoms with Gasteiger partial charge in [-0.25, -0.2) is 9.38 Å². The normalized spacial score (nSPS) is 9.77. The van der Waals surface area contributed by atoms with Crippen molar-refractivity contribution >= 4 is 34.8 Å². The number of benzene rings is 1. The van der Waals surface area contributed by atoms with Gasteiger partial charge in [-0.05, 0) is 12.1 Å². The topological polar surface area (TPSA) is 64.4 Å². The number of nitrogens with two attached hydrogens (primary N) is 2. The molecule has 6 heteroatoms. The lowest BCUT2D eigenvalue weighted by atomic mass is 10.3. The first-order chi connectivity index (χ1) is 6.02. The number of hydrogen-bond donors (Lipinski definition) is 2. The third-order valence-corrected chi connectivity index (χ3v) is 2.11. The number of guanidine groups is 1. The predicted molar refractivity (Wildman–Crippen MR) is 51.9 cm³/mol. The van der Waals surface area contributed by atoms with E-state index in [4.69, 9.17) is 34.7 Å². The van der Waals surface area contributed by atoms with Crippen LogP contribution in [0.4, 0.5) is 10.1 Å². The van der Waals surface area contributed by atoms with E-state index in [1.54, 1.807) is 0 Å². The van der Waals surface area contributed by atoms with Crippen molar-refractivity contribution in [2.45, 2.75) is 0 Å². The maximum absolute atomic E-state index is 12.8. The molecule has 0 saturated carbocycles. The van der Waals surface area contributed by atoms with Crippen molar-refractivity contribution in [3.8, 4) is 0 Å². The predicted octanol–water partition coefficient (Wildman–Crippen LogP) is 2.04. The number of halogens is 3. The minimum absolute atomic E-state index is 0.00457. The average Bonchev–Trinajstić information content (AvgIpc) is 2.06. The first kappa shape index (κ1) is 10.1. The van der Waals surface area contributed by atoms with Gasteiger partial charge in [-0.2, -0.15) is 0 Å². The van der Waals surface area contributed by atoms with E-state index >= 15 is 0 Å². The first-order valence-corrected chi connectivity index (χ1v) is 4.01. The van der Waals surface area contributed by atoms with Crippen LogP contribution in [-0.4, -0.2) is 5.96 Å². The highest BCUT2D eigenvalue weighted by Crippen LogP contribution is 2.33. The summed E-state index contributed by atoms with van der Waals surface area (Å²) in [4.78, 5) is 3.65. The fourth-order valence-corrected chi connectivity index (χ4v) is 1.10. The summed E-state index contributed by atoms with van der Waals surface area (Å²) < 4.78 is 12.8. The molecule has 0 unspecified atom stereocenters. The van der Waals surface area contributed by atoms with Crippen molar-refractivity contribution in [3.63, 3.8) is 0 Å². The largest absolute Gasteiger partial charge is 0.370 e. The van der Waals surface area contributed by atoms with Crippen LogP contribution in [-0.2, 0) is 0 Å². The number of rotatable bonds is 1. The summed E-state index contributed by atoms with van der Waals surface area (Å²) in [6.45, 7) is 0. The van der Waals surface area contributed by atoms with Crippen LogP contribution < -0.4 is 11.5 Å². The van der Waals surface area contributed by atoms with Gasteiger partial charge >= 0.3 is 0 Å². The van der Waals surface area contributed by atoms with Crippen LogP contribution in [0.25, 0.3) is 0 Å². The summed E-state index contributed by atoms with van der Waals surface area (Å²) in [5.41, 5.74) is 10.5.